The topological polar surface area (TPSA) is 40.5 Å². The summed E-state index contributed by atoms with van der Waals surface area (Å²) >= 11 is 0. The molecule has 0 amide bonds. The molecule has 1 aliphatic rings. The van der Waals surface area contributed by atoms with Crippen molar-refractivity contribution in [3.63, 3.8) is 0 Å². The van der Waals surface area contributed by atoms with E-state index in [0.717, 1.165) is 25.5 Å². The van der Waals surface area contributed by atoms with Crippen molar-refractivity contribution in [1.29, 1.82) is 0 Å². The maximum absolute atomic E-state index is 13.8. The third-order valence-corrected chi connectivity index (χ3v) is 3.64. The smallest absolute Gasteiger partial charge is 0.335 e. The lowest BCUT2D eigenvalue weighted by Gasteiger charge is -2.23. The monoisotopic (exact) mass is 251 g/mol. The number of hydrogen-bond acceptors (Lipinski definition) is 2. The minimum atomic E-state index is -1.09. The average molecular weight is 251 g/mol. The molecule has 1 unspecified atom stereocenters. The molecule has 0 spiro atoms. The molecule has 1 aromatic rings. The quantitative estimate of drug-likeness (QED) is 0.894. The fourth-order valence-electron chi connectivity index (χ4n) is 2.59. The molecule has 0 radical (unpaired) electrons. The Morgan fingerprint density at radius 1 is 1.56 bits per heavy atom. The molecule has 1 atom stereocenters. The van der Waals surface area contributed by atoms with E-state index in [1.54, 1.807) is 6.07 Å². The molecule has 4 heteroatoms. The fourth-order valence-corrected chi connectivity index (χ4v) is 2.59. The minimum absolute atomic E-state index is 0.00436. The van der Waals surface area contributed by atoms with Crippen LogP contribution in [0.15, 0.2) is 18.2 Å². The fraction of sp³-hybridized carbons (Fsp3) is 0.500. The van der Waals surface area contributed by atoms with Crippen molar-refractivity contribution >= 4 is 5.97 Å². The highest BCUT2D eigenvalue weighted by atomic mass is 19.1. The van der Waals surface area contributed by atoms with Gasteiger partial charge in [-0.1, -0.05) is 13.0 Å². The summed E-state index contributed by atoms with van der Waals surface area (Å²) in [6.07, 6.45) is 3.41. The first-order valence-corrected chi connectivity index (χ1v) is 6.37. The molecule has 1 heterocycles. The maximum Gasteiger partial charge on any atom is 0.335 e. The summed E-state index contributed by atoms with van der Waals surface area (Å²) in [6, 6.07) is 4.69. The summed E-state index contributed by atoms with van der Waals surface area (Å²) in [4.78, 5) is 13.0. The van der Waals surface area contributed by atoms with E-state index in [9.17, 15) is 9.18 Å². The Bertz CT molecular complexity index is 447. The van der Waals surface area contributed by atoms with Crippen LogP contribution in [-0.2, 0) is 6.54 Å². The molecule has 0 saturated carbocycles. The maximum atomic E-state index is 13.8. The van der Waals surface area contributed by atoms with Crippen molar-refractivity contribution in [3.05, 3.63) is 35.1 Å². The number of halogens is 1. The van der Waals surface area contributed by atoms with Crippen LogP contribution >= 0.6 is 0 Å². The van der Waals surface area contributed by atoms with Gasteiger partial charge >= 0.3 is 5.97 Å². The number of carbonyl (C=O) groups is 1. The Morgan fingerprint density at radius 3 is 2.94 bits per heavy atom. The molecule has 3 nitrogen and oxygen atoms in total. The molecule has 2 rings (SSSR count). The Balaban J connectivity index is 2.12. The first kappa shape index (κ1) is 13.0. The van der Waals surface area contributed by atoms with Crippen molar-refractivity contribution in [2.45, 2.75) is 38.8 Å². The summed E-state index contributed by atoms with van der Waals surface area (Å²) in [7, 11) is 0. The van der Waals surface area contributed by atoms with Crippen LogP contribution in [0.2, 0.25) is 0 Å². The second-order valence-electron chi connectivity index (χ2n) is 4.79. The molecule has 1 aliphatic heterocycles. The number of hydrogen-bond donors (Lipinski definition) is 1. The third kappa shape index (κ3) is 2.70. The van der Waals surface area contributed by atoms with Crippen LogP contribution in [0.4, 0.5) is 4.39 Å². The highest BCUT2D eigenvalue weighted by Crippen LogP contribution is 2.23. The van der Waals surface area contributed by atoms with Gasteiger partial charge in [0, 0.05) is 18.2 Å². The van der Waals surface area contributed by atoms with Crippen LogP contribution in [0.25, 0.3) is 0 Å². The van der Waals surface area contributed by atoms with E-state index in [0.29, 0.717) is 18.2 Å². The van der Waals surface area contributed by atoms with Gasteiger partial charge in [0.15, 0.2) is 0 Å². The molecule has 1 N–H and O–H groups in total. The van der Waals surface area contributed by atoms with Gasteiger partial charge in [-0.2, -0.15) is 0 Å². The normalized spacial score (nSPS) is 20.2. The van der Waals surface area contributed by atoms with Crippen LogP contribution in [0.5, 0.6) is 0 Å². The van der Waals surface area contributed by atoms with Crippen molar-refractivity contribution in [2.75, 3.05) is 6.54 Å². The lowest BCUT2D eigenvalue weighted by Crippen LogP contribution is -2.28. The van der Waals surface area contributed by atoms with Gasteiger partial charge < -0.3 is 5.11 Å². The summed E-state index contributed by atoms with van der Waals surface area (Å²) in [5.74, 6) is -1.51. The largest absolute Gasteiger partial charge is 0.478 e. The second-order valence-corrected chi connectivity index (χ2v) is 4.79. The zero-order valence-corrected chi connectivity index (χ0v) is 10.5. The van der Waals surface area contributed by atoms with E-state index in [2.05, 4.69) is 11.8 Å². The van der Waals surface area contributed by atoms with E-state index in [1.807, 2.05) is 0 Å². The summed E-state index contributed by atoms with van der Waals surface area (Å²) in [6.45, 7) is 3.72. The zero-order chi connectivity index (χ0) is 13.1. The van der Waals surface area contributed by atoms with E-state index in [4.69, 9.17) is 5.11 Å². The Hall–Kier alpha value is -1.42. The van der Waals surface area contributed by atoms with Gasteiger partial charge in [0.2, 0.25) is 0 Å². The molecule has 1 saturated heterocycles. The summed E-state index contributed by atoms with van der Waals surface area (Å²) < 4.78 is 13.8. The van der Waals surface area contributed by atoms with Crippen LogP contribution in [0.3, 0.4) is 0 Å². The number of likely N-dealkylation sites (tertiary alicyclic amines) is 1. The van der Waals surface area contributed by atoms with E-state index < -0.39 is 11.8 Å². The van der Waals surface area contributed by atoms with Crippen LogP contribution < -0.4 is 0 Å². The zero-order valence-electron chi connectivity index (χ0n) is 10.5. The number of carboxylic acids is 1. The molecular weight excluding hydrogens is 233 g/mol. The van der Waals surface area contributed by atoms with E-state index in [-0.39, 0.29) is 5.56 Å². The van der Waals surface area contributed by atoms with Gasteiger partial charge in [-0.05, 0) is 37.9 Å². The minimum Gasteiger partial charge on any atom is -0.478 e. The van der Waals surface area contributed by atoms with Gasteiger partial charge in [0.25, 0.3) is 0 Å². The van der Waals surface area contributed by atoms with Crippen molar-refractivity contribution in [2.24, 2.45) is 0 Å². The van der Waals surface area contributed by atoms with Gasteiger partial charge in [0.1, 0.15) is 5.82 Å². The molecule has 1 aromatic carbocycles. The van der Waals surface area contributed by atoms with Crippen molar-refractivity contribution in [1.82, 2.24) is 4.90 Å². The van der Waals surface area contributed by atoms with Gasteiger partial charge in [-0.15, -0.1) is 0 Å². The molecule has 18 heavy (non-hydrogen) atoms. The third-order valence-electron chi connectivity index (χ3n) is 3.64. The summed E-state index contributed by atoms with van der Waals surface area (Å²) in [5, 5.41) is 8.79. The first-order valence-electron chi connectivity index (χ1n) is 6.37. The van der Waals surface area contributed by atoms with Crippen LogP contribution in [0.1, 0.15) is 42.1 Å². The van der Waals surface area contributed by atoms with E-state index in [1.165, 1.54) is 12.5 Å². The molecule has 98 valence electrons. The Morgan fingerprint density at radius 2 is 2.33 bits per heavy atom. The predicted molar refractivity (Wildman–Crippen MR) is 67.1 cm³/mol. The second kappa shape index (κ2) is 5.48. The lowest BCUT2D eigenvalue weighted by molar-refractivity contribution is 0.0696. The number of rotatable bonds is 4. The number of nitrogens with zero attached hydrogens (tertiary/aromatic N) is 1. The SMILES string of the molecule is CCC1CCCN1Cc1ccc(C(=O)O)cc1F. The van der Waals surface area contributed by atoms with Crippen molar-refractivity contribution < 1.29 is 14.3 Å². The molecule has 0 aliphatic carbocycles. The number of aromatic carboxylic acids is 1. The molecule has 0 bridgehead atoms. The highest BCUT2D eigenvalue weighted by molar-refractivity contribution is 5.87. The average Bonchev–Trinajstić information content (AvgIpc) is 2.78. The summed E-state index contributed by atoms with van der Waals surface area (Å²) in [5.41, 5.74) is 0.588. The van der Waals surface area contributed by atoms with Crippen molar-refractivity contribution in [3.8, 4) is 0 Å². The van der Waals surface area contributed by atoms with E-state index >= 15 is 0 Å². The predicted octanol–water partition coefficient (Wildman–Crippen LogP) is 2.90. The van der Waals surface area contributed by atoms with Gasteiger partial charge in [-0.3, -0.25) is 4.90 Å². The lowest BCUT2D eigenvalue weighted by atomic mass is 10.1. The Kier molecular flexibility index (Phi) is 3.97. The standard InChI is InChI=1S/C14H18FNO2/c1-2-12-4-3-7-16(12)9-11-6-5-10(14(17)18)8-13(11)15/h5-6,8,12H,2-4,7,9H2,1H3,(H,17,18). The Labute approximate surface area is 106 Å². The molecule has 0 aromatic heterocycles. The number of benzene rings is 1. The van der Waals surface area contributed by atoms with Crippen LogP contribution in [0, 0.1) is 5.82 Å². The first-order chi connectivity index (χ1) is 8.61. The number of carboxylic acid groups (broad SMARTS) is 1. The molecule has 1 fully saturated rings. The van der Waals surface area contributed by atoms with Gasteiger partial charge in [0.05, 0.1) is 5.56 Å². The molecular formula is C14H18FNO2. The highest BCUT2D eigenvalue weighted by Gasteiger charge is 2.23. The van der Waals surface area contributed by atoms with Gasteiger partial charge in [-0.25, -0.2) is 9.18 Å². The van der Waals surface area contributed by atoms with Crippen LogP contribution in [-0.4, -0.2) is 28.6 Å².